The zero-order valence-electron chi connectivity index (χ0n) is 15.8. The first-order valence-electron chi connectivity index (χ1n) is 9.12. The summed E-state index contributed by atoms with van der Waals surface area (Å²) in [6, 6.07) is 5.89. The minimum Gasteiger partial charge on any atom is -0.465 e. The number of aryl methyl sites for hydroxylation is 3. The number of carbonyl (C=O) groups is 1. The smallest absolute Gasteiger partial charge is 0.261 e. The third kappa shape index (κ3) is 3.65. The highest BCUT2D eigenvalue weighted by atomic mass is 32.1. The molecule has 27 heavy (non-hydrogen) atoms. The number of thiophene rings is 1. The molecular weight excluding hydrogens is 364 g/mol. The molecule has 1 N–H and O–H groups in total. The summed E-state index contributed by atoms with van der Waals surface area (Å²) < 4.78 is 13.2. The summed E-state index contributed by atoms with van der Waals surface area (Å²) in [5.74, 6) is 1.70. The van der Waals surface area contributed by atoms with Gasteiger partial charge in [-0.05, 0) is 32.0 Å². The van der Waals surface area contributed by atoms with E-state index in [1.54, 1.807) is 0 Å². The van der Waals surface area contributed by atoms with Crippen LogP contribution in [0, 0.1) is 13.8 Å². The molecule has 1 aliphatic rings. The molecule has 4 rings (SSSR count). The van der Waals surface area contributed by atoms with Crippen LogP contribution in [0.4, 0.5) is 0 Å². The number of rotatable bonds is 5. The number of morpholine rings is 1. The average Bonchev–Trinajstić information content (AvgIpc) is 3.35. The molecule has 1 saturated heterocycles. The summed E-state index contributed by atoms with van der Waals surface area (Å²) in [4.78, 5) is 16.8. The predicted octanol–water partition coefficient (Wildman–Crippen LogP) is 2.65. The van der Waals surface area contributed by atoms with Crippen molar-refractivity contribution in [1.29, 1.82) is 0 Å². The molecule has 8 heteroatoms. The van der Waals surface area contributed by atoms with E-state index in [2.05, 4.69) is 15.3 Å². The van der Waals surface area contributed by atoms with Crippen molar-refractivity contribution in [3.63, 3.8) is 0 Å². The first kappa shape index (κ1) is 18.2. The third-order valence-corrected chi connectivity index (χ3v) is 6.15. The van der Waals surface area contributed by atoms with Gasteiger partial charge in [0.2, 0.25) is 0 Å². The molecule has 1 atom stereocenters. The summed E-state index contributed by atoms with van der Waals surface area (Å²) in [5, 5.41) is 8.53. The van der Waals surface area contributed by atoms with E-state index in [-0.39, 0.29) is 11.9 Å². The van der Waals surface area contributed by atoms with Gasteiger partial charge in [-0.2, -0.15) is 5.10 Å². The molecule has 1 unspecified atom stereocenters. The summed E-state index contributed by atoms with van der Waals surface area (Å²) in [6.07, 6.45) is 0. The normalized spacial score (nSPS) is 16.7. The third-order valence-electron chi connectivity index (χ3n) is 4.95. The number of aromatic nitrogens is 2. The van der Waals surface area contributed by atoms with Gasteiger partial charge in [-0.25, -0.2) is 0 Å². The van der Waals surface area contributed by atoms with Crippen LogP contribution in [0.2, 0.25) is 0 Å². The number of nitrogens with zero attached hydrogens (tertiary/aromatic N) is 3. The Morgan fingerprint density at radius 1 is 1.33 bits per heavy atom. The van der Waals surface area contributed by atoms with Gasteiger partial charge in [-0.1, -0.05) is 0 Å². The molecule has 7 nitrogen and oxygen atoms in total. The number of fused-ring (bicyclic) bond motifs is 1. The van der Waals surface area contributed by atoms with Gasteiger partial charge in [0, 0.05) is 32.1 Å². The summed E-state index contributed by atoms with van der Waals surface area (Å²) in [7, 11) is 1.90. The fourth-order valence-electron chi connectivity index (χ4n) is 3.52. The highest BCUT2D eigenvalue weighted by Gasteiger charge is 2.26. The van der Waals surface area contributed by atoms with E-state index in [1.807, 2.05) is 43.8 Å². The lowest BCUT2D eigenvalue weighted by Gasteiger charge is -2.33. The molecule has 0 saturated carbocycles. The van der Waals surface area contributed by atoms with Gasteiger partial charge < -0.3 is 14.5 Å². The average molecular weight is 388 g/mol. The molecule has 1 amide bonds. The summed E-state index contributed by atoms with van der Waals surface area (Å²) in [5.41, 5.74) is 0.944. The maximum Gasteiger partial charge on any atom is 0.261 e. The van der Waals surface area contributed by atoms with Gasteiger partial charge >= 0.3 is 0 Å². The first-order valence-corrected chi connectivity index (χ1v) is 9.94. The monoisotopic (exact) mass is 388 g/mol. The van der Waals surface area contributed by atoms with Gasteiger partial charge in [0.25, 0.3) is 5.91 Å². The molecule has 0 aromatic carbocycles. The second-order valence-electron chi connectivity index (χ2n) is 6.86. The molecule has 0 radical (unpaired) electrons. The molecular formula is C19H24N4O3S. The van der Waals surface area contributed by atoms with Crippen LogP contribution in [0.15, 0.2) is 22.6 Å². The van der Waals surface area contributed by atoms with Crippen LogP contribution in [0.3, 0.4) is 0 Å². The number of amides is 1. The van der Waals surface area contributed by atoms with Crippen molar-refractivity contribution in [2.45, 2.75) is 19.9 Å². The lowest BCUT2D eigenvalue weighted by atomic mass is 10.1. The van der Waals surface area contributed by atoms with Crippen LogP contribution in [0.1, 0.15) is 32.9 Å². The highest BCUT2D eigenvalue weighted by molar-refractivity contribution is 7.20. The molecule has 1 fully saturated rings. The number of nitrogens with one attached hydrogen (secondary N) is 1. The standard InChI is InChI=1S/C19H24N4O3S/c1-12-4-5-16(26-12)15(23-6-8-25-9-7-23)11-20-18(24)17-10-14-13(2)21-22(3)19(14)27-17/h4-5,10,15H,6-9,11H2,1-3H3,(H,20,24). The van der Waals surface area contributed by atoms with Crippen LogP contribution < -0.4 is 5.32 Å². The first-order chi connectivity index (χ1) is 13.0. The van der Waals surface area contributed by atoms with E-state index >= 15 is 0 Å². The van der Waals surface area contributed by atoms with E-state index < -0.39 is 0 Å². The Morgan fingerprint density at radius 2 is 2.11 bits per heavy atom. The number of hydrogen-bond donors (Lipinski definition) is 1. The SMILES string of the molecule is Cc1ccc(C(CNC(=O)c2cc3c(C)nn(C)c3s2)N2CCOCC2)o1. The van der Waals surface area contributed by atoms with Crippen LogP contribution in [-0.4, -0.2) is 53.4 Å². The number of carbonyl (C=O) groups excluding carboxylic acids is 1. The fourth-order valence-corrected chi connectivity index (χ4v) is 4.56. The van der Waals surface area contributed by atoms with Crippen molar-refractivity contribution in [3.05, 3.63) is 40.3 Å². The Bertz CT molecular complexity index is 917. The highest BCUT2D eigenvalue weighted by Crippen LogP contribution is 2.28. The van der Waals surface area contributed by atoms with Crippen molar-refractivity contribution >= 4 is 27.5 Å². The topological polar surface area (TPSA) is 72.5 Å². The van der Waals surface area contributed by atoms with Crippen molar-refractivity contribution in [2.24, 2.45) is 7.05 Å². The Labute approximate surface area is 161 Å². The van der Waals surface area contributed by atoms with Crippen LogP contribution >= 0.6 is 11.3 Å². The summed E-state index contributed by atoms with van der Waals surface area (Å²) >= 11 is 1.47. The molecule has 4 heterocycles. The van der Waals surface area contributed by atoms with Gasteiger partial charge in [0.1, 0.15) is 16.4 Å². The Morgan fingerprint density at radius 3 is 2.78 bits per heavy atom. The van der Waals surface area contributed by atoms with Crippen molar-refractivity contribution in [1.82, 2.24) is 20.0 Å². The van der Waals surface area contributed by atoms with E-state index in [9.17, 15) is 4.79 Å². The molecule has 3 aromatic rings. The molecule has 3 aromatic heterocycles. The molecule has 0 spiro atoms. The Balaban J connectivity index is 1.50. The van der Waals surface area contributed by atoms with Crippen LogP contribution in [0.5, 0.6) is 0 Å². The lowest BCUT2D eigenvalue weighted by Crippen LogP contribution is -2.43. The maximum absolute atomic E-state index is 12.8. The molecule has 144 valence electrons. The Kier molecular flexibility index (Phi) is 5.03. The van der Waals surface area contributed by atoms with Crippen molar-refractivity contribution < 1.29 is 13.9 Å². The second kappa shape index (κ2) is 7.46. The number of ether oxygens (including phenoxy) is 1. The molecule has 0 aliphatic carbocycles. The van der Waals surface area contributed by atoms with Gasteiger partial charge in [-0.15, -0.1) is 11.3 Å². The van der Waals surface area contributed by atoms with E-state index in [1.165, 1.54) is 11.3 Å². The summed E-state index contributed by atoms with van der Waals surface area (Å²) in [6.45, 7) is 7.45. The molecule has 1 aliphatic heterocycles. The minimum absolute atomic E-state index is 0.00401. The lowest BCUT2D eigenvalue weighted by molar-refractivity contribution is 0.0117. The second-order valence-corrected chi connectivity index (χ2v) is 7.89. The van der Waals surface area contributed by atoms with E-state index in [4.69, 9.17) is 9.15 Å². The zero-order chi connectivity index (χ0) is 19.0. The van der Waals surface area contributed by atoms with Crippen LogP contribution in [0.25, 0.3) is 10.2 Å². The number of hydrogen-bond acceptors (Lipinski definition) is 6. The number of furan rings is 1. The predicted molar refractivity (Wildman–Crippen MR) is 104 cm³/mol. The fraction of sp³-hybridized carbons (Fsp3) is 0.474. The van der Waals surface area contributed by atoms with E-state index in [0.717, 1.165) is 40.5 Å². The molecule has 0 bridgehead atoms. The van der Waals surface area contributed by atoms with Gasteiger partial charge in [-0.3, -0.25) is 14.4 Å². The van der Waals surface area contributed by atoms with Crippen molar-refractivity contribution in [2.75, 3.05) is 32.8 Å². The van der Waals surface area contributed by atoms with Crippen molar-refractivity contribution in [3.8, 4) is 0 Å². The van der Waals surface area contributed by atoms with Gasteiger partial charge in [0.05, 0.1) is 29.8 Å². The zero-order valence-corrected chi connectivity index (χ0v) is 16.6. The minimum atomic E-state index is -0.0582. The van der Waals surface area contributed by atoms with Gasteiger partial charge in [0.15, 0.2) is 0 Å². The van der Waals surface area contributed by atoms with Crippen LogP contribution in [-0.2, 0) is 11.8 Å². The van der Waals surface area contributed by atoms with E-state index in [0.29, 0.717) is 24.6 Å². The largest absolute Gasteiger partial charge is 0.465 e. The maximum atomic E-state index is 12.8. The quantitative estimate of drug-likeness (QED) is 0.727. The Hall–Kier alpha value is -2.16.